The molecule has 0 spiro atoms. The van der Waals surface area contributed by atoms with E-state index in [0.717, 1.165) is 11.0 Å². The molecule has 2 aromatic rings. The number of para-hydroxylation sites is 2. The monoisotopic (exact) mass is 221 g/mol. The Balaban J connectivity index is 2.44. The standard InChI is InChI=1S/C10H11N3OS/c1-13-8-5-3-2-4-7(8)11-10(13)12-9(14)6-15/h2-5,15H,6H2,1H3,(H,11,12,14). The molecule has 0 aliphatic heterocycles. The number of nitrogens with one attached hydrogen (secondary N) is 1. The zero-order valence-corrected chi connectivity index (χ0v) is 9.16. The largest absolute Gasteiger partial charge is 0.313 e. The molecule has 0 aliphatic carbocycles. The number of fused-ring (bicyclic) bond motifs is 1. The summed E-state index contributed by atoms with van der Waals surface area (Å²) in [4.78, 5) is 15.5. The highest BCUT2D eigenvalue weighted by Gasteiger charge is 2.08. The van der Waals surface area contributed by atoms with Gasteiger partial charge < -0.3 is 4.57 Å². The summed E-state index contributed by atoms with van der Waals surface area (Å²) in [6.45, 7) is 0. The SMILES string of the molecule is Cn1c(NC(=O)CS)nc2ccccc21. The number of rotatable bonds is 2. The number of thiol groups is 1. The fourth-order valence-corrected chi connectivity index (χ4v) is 1.50. The predicted molar refractivity (Wildman–Crippen MR) is 63.2 cm³/mol. The van der Waals surface area contributed by atoms with E-state index in [2.05, 4.69) is 22.9 Å². The Kier molecular flexibility index (Phi) is 2.64. The molecule has 2 rings (SSSR count). The molecular formula is C10H11N3OS. The first-order valence-corrected chi connectivity index (χ1v) is 5.18. The molecule has 1 heterocycles. The number of hydrogen-bond donors (Lipinski definition) is 2. The molecule has 0 saturated heterocycles. The lowest BCUT2D eigenvalue weighted by molar-refractivity contribution is -0.113. The highest BCUT2D eigenvalue weighted by molar-refractivity contribution is 7.81. The van der Waals surface area contributed by atoms with E-state index in [-0.39, 0.29) is 11.7 Å². The van der Waals surface area contributed by atoms with Crippen LogP contribution in [0.15, 0.2) is 24.3 Å². The van der Waals surface area contributed by atoms with Crippen molar-refractivity contribution < 1.29 is 4.79 Å². The molecule has 1 amide bonds. The number of amides is 1. The molecule has 0 fully saturated rings. The zero-order chi connectivity index (χ0) is 10.8. The van der Waals surface area contributed by atoms with E-state index >= 15 is 0 Å². The number of carbonyl (C=O) groups excluding carboxylic acids is 1. The number of hydrogen-bond acceptors (Lipinski definition) is 3. The van der Waals surface area contributed by atoms with Crippen LogP contribution in [-0.4, -0.2) is 21.2 Å². The predicted octanol–water partition coefficient (Wildman–Crippen LogP) is 1.44. The molecule has 78 valence electrons. The molecule has 0 aliphatic rings. The number of aryl methyl sites for hydroxylation is 1. The fourth-order valence-electron chi connectivity index (χ4n) is 1.42. The van der Waals surface area contributed by atoms with E-state index in [4.69, 9.17) is 0 Å². The lowest BCUT2D eigenvalue weighted by Crippen LogP contribution is -2.15. The number of carbonyl (C=O) groups is 1. The van der Waals surface area contributed by atoms with Crippen molar-refractivity contribution in [2.75, 3.05) is 11.1 Å². The van der Waals surface area contributed by atoms with Crippen LogP contribution in [0.5, 0.6) is 0 Å². The molecule has 0 saturated carbocycles. The molecule has 0 bridgehead atoms. The van der Waals surface area contributed by atoms with Crippen LogP contribution in [-0.2, 0) is 11.8 Å². The van der Waals surface area contributed by atoms with Crippen LogP contribution in [0.3, 0.4) is 0 Å². The Morgan fingerprint density at radius 2 is 2.27 bits per heavy atom. The summed E-state index contributed by atoms with van der Waals surface area (Å²) in [7, 11) is 1.86. The van der Waals surface area contributed by atoms with Gasteiger partial charge in [-0.1, -0.05) is 12.1 Å². The van der Waals surface area contributed by atoms with Crippen molar-refractivity contribution in [3.05, 3.63) is 24.3 Å². The highest BCUT2D eigenvalue weighted by Crippen LogP contribution is 2.17. The lowest BCUT2D eigenvalue weighted by atomic mass is 10.3. The Morgan fingerprint density at radius 1 is 1.53 bits per heavy atom. The minimum absolute atomic E-state index is 0.156. The van der Waals surface area contributed by atoms with Gasteiger partial charge in [-0.2, -0.15) is 12.6 Å². The summed E-state index contributed by atoms with van der Waals surface area (Å²) < 4.78 is 1.84. The number of anilines is 1. The van der Waals surface area contributed by atoms with Crippen molar-refractivity contribution >= 4 is 35.5 Å². The minimum Gasteiger partial charge on any atom is -0.313 e. The second-order valence-electron chi connectivity index (χ2n) is 3.19. The normalized spacial score (nSPS) is 10.5. The number of aromatic nitrogens is 2. The fraction of sp³-hybridized carbons (Fsp3) is 0.200. The number of benzene rings is 1. The quantitative estimate of drug-likeness (QED) is 0.754. The summed E-state index contributed by atoms with van der Waals surface area (Å²) in [5.41, 5.74) is 1.86. The molecule has 5 heteroatoms. The van der Waals surface area contributed by atoms with Gasteiger partial charge in [0.1, 0.15) is 0 Å². The second kappa shape index (κ2) is 3.94. The van der Waals surface area contributed by atoms with Gasteiger partial charge in [-0.3, -0.25) is 10.1 Å². The van der Waals surface area contributed by atoms with Gasteiger partial charge in [-0.25, -0.2) is 4.98 Å². The smallest absolute Gasteiger partial charge is 0.236 e. The van der Waals surface area contributed by atoms with Gasteiger partial charge in [-0.15, -0.1) is 0 Å². The average molecular weight is 221 g/mol. The van der Waals surface area contributed by atoms with Crippen LogP contribution in [0.1, 0.15) is 0 Å². The van der Waals surface area contributed by atoms with Gasteiger partial charge in [0.15, 0.2) is 0 Å². The first-order valence-electron chi connectivity index (χ1n) is 4.54. The Bertz CT molecular complexity index is 506. The number of nitrogens with zero attached hydrogens (tertiary/aromatic N) is 2. The van der Waals surface area contributed by atoms with Crippen LogP contribution in [0, 0.1) is 0 Å². The Labute approximate surface area is 92.7 Å². The summed E-state index contributed by atoms with van der Waals surface area (Å²) >= 11 is 3.89. The van der Waals surface area contributed by atoms with Crippen molar-refractivity contribution in [3.8, 4) is 0 Å². The lowest BCUT2D eigenvalue weighted by Gasteiger charge is -2.02. The molecule has 1 N–H and O–H groups in total. The number of imidazole rings is 1. The molecular weight excluding hydrogens is 210 g/mol. The Hall–Kier alpha value is -1.49. The minimum atomic E-state index is -0.156. The maximum atomic E-state index is 11.2. The third-order valence-electron chi connectivity index (χ3n) is 2.18. The third-order valence-corrected chi connectivity index (χ3v) is 2.47. The molecule has 1 aromatic heterocycles. The molecule has 0 atom stereocenters. The molecule has 1 aromatic carbocycles. The van der Waals surface area contributed by atoms with Crippen molar-refractivity contribution in [3.63, 3.8) is 0 Å². The highest BCUT2D eigenvalue weighted by atomic mass is 32.1. The van der Waals surface area contributed by atoms with Crippen molar-refractivity contribution in [1.29, 1.82) is 0 Å². The first kappa shape index (κ1) is 10.0. The van der Waals surface area contributed by atoms with Crippen molar-refractivity contribution in [1.82, 2.24) is 9.55 Å². The summed E-state index contributed by atoms with van der Waals surface area (Å²) in [5.74, 6) is 0.551. The zero-order valence-electron chi connectivity index (χ0n) is 8.27. The van der Waals surface area contributed by atoms with Gasteiger partial charge in [0.25, 0.3) is 0 Å². The Morgan fingerprint density at radius 3 is 2.93 bits per heavy atom. The second-order valence-corrected chi connectivity index (χ2v) is 3.51. The maximum absolute atomic E-state index is 11.2. The summed E-state index contributed by atoms with van der Waals surface area (Å²) in [6, 6.07) is 7.72. The van der Waals surface area contributed by atoms with E-state index in [1.54, 1.807) is 0 Å². The van der Waals surface area contributed by atoms with Gasteiger partial charge in [0.05, 0.1) is 16.8 Å². The maximum Gasteiger partial charge on any atom is 0.236 e. The van der Waals surface area contributed by atoms with Crippen LogP contribution < -0.4 is 5.32 Å². The topological polar surface area (TPSA) is 46.9 Å². The van der Waals surface area contributed by atoms with Crippen molar-refractivity contribution in [2.45, 2.75) is 0 Å². The summed E-state index contributed by atoms with van der Waals surface area (Å²) in [6.07, 6.45) is 0. The van der Waals surface area contributed by atoms with E-state index in [1.165, 1.54) is 0 Å². The van der Waals surface area contributed by atoms with Gasteiger partial charge in [0, 0.05) is 7.05 Å². The third kappa shape index (κ3) is 1.83. The van der Waals surface area contributed by atoms with E-state index < -0.39 is 0 Å². The first-order chi connectivity index (χ1) is 7.22. The van der Waals surface area contributed by atoms with E-state index in [9.17, 15) is 4.79 Å². The van der Waals surface area contributed by atoms with E-state index in [1.807, 2.05) is 35.9 Å². The van der Waals surface area contributed by atoms with Crippen LogP contribution >= 0.6 is 12.6 Å². The van der Waals surface area contributed by atoms with Gasteiger partial charge >= 0.3 is 0 Å². The summed E-state index contributed by atoms with van der Waals surface area (Å²) in [5, 5.41) is 2.69. The van der Waals surface area contributed by atoms with Crippen molar-refractivity contribution in [2.24, 2.45) is 7.05 Å². The van der Waals surface area contributed by atoms with Crippen LogP contribution in [0.4, 0.5) is 5.95 Å². The van der Waals surface area contributed by atoms with Gasteiger partial charge in [0.2, 0.25) is 11.9 Å². The molecule has 4 nitrogen and oxygen atoms in total. The van der Waals surface area contributed by atoms with Gasteiger partial charge in [-0.05, 0) is 12.1 Å². The van der Waals surface area contributed by atoms with E-state index in [0.29, 0.717) is 5.95 Å². The van der Waals surface area contributed by atoms with Crippen LogP contribution in [0.2, 0.25) is 0 Å². The molecule has 0 unspecified atom stereocenters. The molecule has 0 radical (unpaired) electrons. The average Bonchev–Trinajstić information content (AvgIpc) is 2.57. The van der Waals surface area contributed by atoms with Crippen LogP contribution in [0.25, 0.3) is 11.0 Å². The molecule has 15 heavy (non-hydrogen) atoms.